The molecule has 5 heteroatoms. The number of carbonyl (C=O) groups is 1. The molecule has 2 heterocycles. The van der Waals surface area contributed by atoms with E-state index in [9.17, 15) is 9.90 Å². The van der Waals surface area contributed by atoms with E-state index in [-0.39, 0.29) is 5.92 Å². The molecule has 1 aliphatic heterocycles. The fraction of sp³-hybridized carbons (Fsp3) is 0.409. The highest BCUT2D eigenvalue weighted by Crippen LogP contribution is 2.33. The van der Waals surface area contributed by atoms with E-state index in [2.05, 4.69) is 42.3 Å². The van der Waals surface area contributed by atoms with Crippen LogP contribution in [0.1, 0.15) is 40.8 Å². The van der Waals surface area contributed by atoms with Gasteiger partial charge < -0.3 is 10.0 Å². The number of rotatable bonds is 6. The molecular formula is C22H26ClNO2S. The van der Waals surface area contributed by atoms with Crippen LogP contribution in [0.15, 0.2) is 35.7 Å². The van der Waals surface area contributed by atoms with Crippen LogP contribution < -0.4 is 0 Å². The summed E-state index contributed by atoms with van der Waals surface area (Å²) in [6.45, 7) is 6.79. The van der Waals surface area contributed by atoms with Gasteiger partial charge in [0.25, 0.3) is 0 Å². The molecule has 0 bridgehead atoms. The highest BCUT2D eigenvalue weighted by molar-refractivity contribution is 7.11. The fourth-order valence-electron chi connectivity index (χ4n) is 3.75. The van der Waals surface area contributed by atoms with Gasteiger partial charge in [0.05, 0.1) is 5.92 Å². The summed E-state index contributed by atoms with van der Waals surface area (Å²) in [5.41, 5.74) is 4.92. The van der Waals surface area contributed by atoms with Crippen molar-refractivity contribution in [3.05, 3.63) is 62.3 Å². The van der Waals surface area contributed by atoms with E-state index in [1.165, 1.54) is 27.1 Å². The Morgan fingerprint density at radius 3 is 2.81 bits per heavy atom. The summed E-state index contributed by atoms with van der Waals surface area (Å²) in [5.74, 6) is -0.887. The van der Waals surface area contributed by atoms with Gasteiger partial charge in [0.1, 0.15) is 0 Å². The van der Waals surface area contributed by atoms with Gasteiger partial charge >= 0.3 is 5.97 Å². The molecule has 0 spiro atoms. The van der Waals surface area contributed by atoms with Crippen LogP contribution >= 0.6 is 22.9 Å². The van der Waals surface area contributed by atoms with Crippen LogP contribution in [0.3, 0.4) is 0 Å². The highest BCUT2D eigenvalue weighted by Gasteiger charge is 2.24. The molecular weight excluding hydrogens is 378 g/mol. The maximum atomic E-state index is 11.3. The van der Waals surface area contributed by atoms with Gasteiger partial charge in [0, 0.05) is 23.0 Å². The first-order valence-corrected chi connectivity index (χ1v) is 10.7. The van der Waals surface area contributed by atoms with Crippen LogP contribution in [0.2, 0.25) is 5.02 Å². The van der Waals surface area contributed by atoms with Crippen molar-refractivity contribution in [2.45, 2.75) is 33.1 Å². The summed E-state index contributed by atoms with van der Waals surface area (Å²) in [6, 6.07) is 8.21. The van der Waals surface area contributed by atoms with Crippen molar-refractivity contribution in [2.24, 2.45) is 5.92 Å². The second-order valence-corrected chi connectivity index (χ2v) is 8.63. The zero-order valence-corrected chi connectivity index (χ0v) is 17.4. The highest BCUT2D eigenvalue weighted by atomic mass is 35.5. The minimum Gasteiger partial charge on any atom is -0.481 e. The molecule has 27 heavy (non-hydrogen) atoms. The van der Waals surface area contributed by atoms with Gasteiger partial charge in [-0.05, 0) is 85.5 Å². The number of nitrogens with zero attached hydrogens (tertiary/aromatic N) is 1. The summed E-state index contributed by atoms with van der Waals surface area (Å²) >= 11 is 7.91. The number of halogens is 1. The molecule has 1 aliphatic rings. The minimum absolute atomic E-state index is 0.222. The van der Waals surface area contributed by atoms with Gasteiger partial charge in [-0.15, -0.1) is 11.3 Å². The van der Waals surface area contributed by atoms with Gasteiger partial charge in [0.15, 0.2) is 0 Å². The van der Waals surface area contributed by atoms with E-state index in [4.69, 9.17) is 11.6 Å². The molecule has 0 radical (unpaired) electrons. The molecule has 1 aromatic carbocycles. The van der Waals surface area contributed by atoms with Gasteiger partial charge in [-0.25, -0.2) is 0 Å². The van der Waals surface area contributed by atoms with E-state index in [1.54, 1.807) is 11.3 Å². The normalized spacial score (nSPS) is 18.6. The lowest BCUT2D eigenvalue weighted by Gasteiger charge is -2.30. The van der Waals surface area contributed by atoms with Crippen LogP contribution in [-0.2, 0) is 4.79 Å². The maximum Gasteiger partial charge on any atom is 0.307 e. The Kier molecular flexibility index (Phi) is 6.74. The molecule has 1 saturated heterocycles. The summed E-state index contributed by atoms with van der Waals surface area (Å²) in [4.78, 5) is 14.9. The second kappa shape index (κ2) is 9.05. The maximum absolute atomic E-state index is 11.3. The largest absolute Gasteiger partial charge is 0.481 e. The number of thiophene rings is 1. The van der Waals surface area contributed by atoms with Crippen molar-refractivity contribution in [3.8, 4) is 0 Å². The van der Waals surface area contributed by atoms with Crippen molar-refractivity contribution in [3.63, 3.8) is 0 Å². The molecule has 3 nitrogen and oxygen atoms in total. The molecule has 0 amide bonds. The molecule has 1 atom stereocenters. The number of carboxylic acid groups (broad SMARTS) is 1. The average Bonchev–Trinajstić information content (AvgIpc) is 3.05. The Balaban J connectivity index is 1.79. The van der Waals surface area contributed by atoms with Crippen LogP contribution in [0.4, 0.5) is 0 Å². The third-order valence-electron chi connectivity index (χ3n) is 5.23. The Hall–Kier alpha value is -1.62. The number of benzene rings is 1. The number of carboxylic acids is 1. The van der Waals surface area contributed by atoms with Crippen molar-refractivity contribution in [1.82, 2.24) is 4.90 Å². The van der Waals surface area contributed by atoms with E-state index < -0.39 is 5.97 Å². The number of hydrogen-bond donors (Lipinski definition) is 1. The summed E-state index contributed by atoms with van der Waals surface area (Å²) in [6.07, 6.45) is 4.97. The van der Waals surface area contributed by atoms with Crippen LogP contribution in [0.25, 0.3) is 5.57 Å². The Morgan fingerprint density at radius 2 is 2.15 bits per heavy atom. The third kappa shape index (κ3) is 5.01. The first-order chi connectivity index (χ1) is 13.0. The van der Waals surface area contributed by atoms with E-state index in [0.717, 1.165) is 37.4 Å². The van der Waals surface area contributed by atoms with E-state index in [0.29, 0.717) is 6.54 Å². The predicted molar refractivity (Wildman–Crippen MR) is 114 cm³/mol. The molecule has 1 unspecified atom stereocenters. The SMILES string of the molecule is Cc1cc(Cl)ccc1C(=CCCN1CCCC(C(=O)O)C1)c1sccc1C. The number of aryl methyl sites for hydroxylation is 2. The van der Waals surface area contributed by atoms with Crippen molar-refractivity contribution >= 4 is 34.5 Å². The van der Waals surface area contributed by atoms with E-state index in [1.807, 2.05) is 12.1 Å². The zero-order chi connectivity index (χ0) is 19.4. The molecule has 1 aromatic heterocycles. The van der Waals surface area contributed by atoms with Gasteiger partial charge in [-0.2, -0.15) is 0 Å². The number of aliphatic carboxylic acids is 1. The first-order valence-electron chi connectivity index (χ1n) is 9.42. The number of likely N-dealkylation sites (tertiary alicyclic amines) is 1. The molecule has 1 fully saturated rings. The van der Waals surface area contributed by atoms with Crippen molar-refractivity contribution in [2.75, 3.05) is 19.6 Å². The number of piperidine rings is 1. The molecule has 0 saturated carbocycles. The topological polar surface area (TPSA) is 40.5 Å². The predicted octanol–water partition coefficient (Wildman–Crippen LogP) is 5.64. The fourth-order valence-corrected chi connectivity index (χ4v) is 4.96. The van der Waals surface area contributed by atoms with Crippen molar-refractivity contribution < 1.29 is 9.90 Å². The molecule has 3 rings (SSSR count). The standard InChI is InChI=1S/C22H26ClNO2S/c1-15-9-12-27-21(15)20(19-8-7-18(23)13-16(19)2)6-4-11-24-10-3-5-17(14-24)22(25)26/h6-9,12-13,17H,3-5,10-11,14H2,1-2H3,(H,25,26). The zero-order valence-electron chi connectivity index (χ0n) is 15.9. The Morgan fingerprint density at radius 1 is 1.33 bits per heavy atom. The lowest BCUT2D eigenvalue weighted by molar-refractivity contribution is -0.143. The Labute approximate surface area is 170 Å². The summed E-state index contributed by atoms with van der Waals surface area (Å²) in [7, 11) is 0. The first kappa shape index (κ1) is 20.1. The van der Waals surface area contributed by atoms with E-state index >= 15 is 0 Å². The van der Waals surface area contributed by atoms with Crippen molar-refractivity contribution in [1.29, 1.82) is 0 Å². The van der Waals surface area contributed by atoms with Gasteiger partial charge in [-0.3, -0.25) is 4.79 Å². The van der Waals surface area contributed by atoms with Crippen LogP contribution in [0.5, 0.6) is 0 Å². The van der Waals surface area contributed by atoms with Crippen LogP contribution in [0, 0.1) is 19.8 Å². The second-order valence-electron chi connectivity index (χ2n) is 7.28. The quantitative estimate of drug-likeness (QED) is 0.678. The number of hydrogen-bond acceptors (Lipinski definition) is 3. The monoisotopic (exact) mass is 403 g/mol. The minimum atomic E-state index is -0.665. The summed E-state index contributed by atoms with van der Waals surface area (Å²) in [5, 5.41) is 12.2. The lowest BCUT2D eigenvalue weighted by Crippen LogP contribution is -2.39. The van der Waals surface area contributed by atoms with Gasteiger partial charge in [0.2, 0.25) is 0 Å². The smallest absolute Gasteiger partial charge is 0.307 e. The molecule has 2 aromatic rings. The summed E-state index contributed by atoms with van der Waals surface area (Å²) < 4.78 is 0. The van der Waals surface area contributed by atoms with Gasteiger partial charge in [-0.1, -0.05) is 23.7 Å². The lowest BCUT2D eigenvalue weighted by atomic mass is 9.96. The third-order valence-corrected chi connectivity index (χ3v) is 6.52. The molecule has 1 N–H and O–H groups in total. The molecule has 0 aliphatic carbocycles. The van der Waals surface area contributed by atoms with Crippen LogP contribution in [-0.4, -0.2) is 35.6 Å². The average molecular weight is 404 g/mol. The molecule has 144 valence electrons. The Bertz CT molecular complexity index is 843.